The summed E-state index contributed by atoms with van der Waals surface area (Å²) in [4.78, 5) is 20.7. The Balaban J connectivity index is 1.65. The van der Waals surface area contributed by atoms with Crippen molar-refractivity contribution in [2.24, 2.45) is 0 Å². The molecule has 0 aliphatic carbocycles. The Labute approximate surface area is 261 Å². The largest absolute Gasteiger partial charge is 0.495 e. The maximum Gasteiger partial charge on any atom is 0.421 e. The fourth-order valence-corrected chi connectivity index (χ4v) is 6.49. The van der Waals surface area contributed by atoms with E-state index in [0.717, 1.165) is 0 Å². The highest BCUT2D eigenvalue weighted by Gasteiger charge is 2.36. The highest BCUT2D eigenvalue weighted by molar-refractivity contribution is 7.53. The van der Waals surface area contributed by atoms with E-state index in [-0.39, 0.29) is 48.0 Å². The number of alkyl halides is 3. The number of anilines is 4. The smallest absolute Gasteiger partial charge is 0.421 e. The van der Waals surface area contributed by atoms with Crippen LogP contribution in [-0.4, -0.2) is 53.0 Å². The van der Waals surface area contributed by atoms with Crippen LogP contribution in [0.2, 0.25) is 0 Å². The van der Waals surface area contributed by atoms with Crippen molar-refractivity contribution >= 4 is 36.6 Å². The molecule has 1 amide bonds. The average Bonchev–Trinajstić information content (AvgIpc) is 3.48. The first-order chi connectivity index (χ1) is 21.9. The van der Waals surface area contributed by atoms with Crippen molar-refractivity contribution in [3.63, 3.8) is 0 Å². The molecule has 0 fully saturated rings. The quantitative estimate of drug-likeness (QED) is 0.164. The van der Waals surface area contributed by atoms with Crippen LogP contribution in [-0.2, 0) is 32.5 Å². The molecule has 4 aliphatic rings. The number of methoxy groups -OCH3 is 1. The van der Waals surface area contributed by atoms with Crippen molar-refractivity contribution < 1.29 is 40.7 Å². The van der Waals surface area contributed by atoms with Crippen LogP contribution in [0.4, 0.5) is 40.7 Å². The molecule has 12 nitrogen and oxygen atoms in total. The SMILES string of the molecule is CCOP1(=O)Cc2ccc(c(OC)c2)Nc2ncc(C(F)(F)F)c(n2)Nc2ccc(c(F)c2C(=O)NC)-c2cnn(c2)CCCO1. The zero-order valence-electron chi connectivity index (χ0n) is 24.9. The molecule has 244 valence electrons. The van der Waals surface area contributed by atoms with Gasteiger partial charge in [0.15, 0.2) is 0 Å². The van der Waals surface area contributed by atoms with E-state index in [1.165, 1.54) is 37.2 Å². The molecule has 8 bridgehead atoms. The van der Waals surface area contributed by atoms with Crippen LogP contribution in [0.3, 0.4) is 0 Å². The highest BCUT2D eigenvalue weighted by Crippen LogP contribution is 2.52. The van der Waals surface area contributed by atoms with Gasteiger partial charge >= 0.3 is 13.8 Å². The van der Waals surface area contributed by atoms with E-state index in [1.54, 1.807) is 31.3 Å². The molecule has 1 atom stereocenters. The van der Waals surface area contributed by atoms with E-state index in [0.29, 0.717) is 30.3 Å². The first-order valence-electron chi connectivity index (χ1n) is 14.1. The van der Waals surface area contributed by atoms with Gasteiger partial charge in [0.25, 0.3) is 5.91 Å². The number of hydrogen-bond donors (Lipinski definition) is 3. The van der Waals surface area contributed by atoms with Gasteiger partial charge in [0, 0.05) is 37.1 Å². The van der Waals surface area contributed by atoms with Crippen LogP contribution in [0, 0.1) is 5.82 Å². The third-order valence-electron chi connectivity index (χ3n) is 6.92. The lowest BCUT2D eigenvalue weighted by Gasteiger charge is -2.20. The zero-order chi connectivity index (χ0) is 33.1. The van der Waals surface area contributed by atoms with Crippen LogP contribution in [0.25, 0.3) is 11.1 Å². The maximum atomic E-state index is 16.0. The molecule has 6 heterocycles. The number of ether oxygens (including phenoxy) is 1. The van der Waals surface area contributed by atoms with Crippen molar-refractivity contribution in [2.45, 2.75) is 32.2 Å². The van der Waals surface area contributed by atoms with Gasteiger partial charge < -0.3 is 29.7 Å². The lowest BCUT2D eigenvalue weighted by molar-refractivity contribution is -0.137. The van der Waals surface area contributed by atoms with Crippen molar-refractivity contribution in [3.8, 4) is 16.9 Å². The number of aryl methyl sites for hydroxylation is 1. The van der Waals surface area contributed by atoms with Gasteiger partial charge in [-0.25, -0.2) is 9.37 Å². The molecular formula is C29H30F4N7O5P. The molecule has 1 unspecified atom stereocenters. The van der Waals surface area contributed by atoms with Crippen molar-refractivity contribution in [1.82, 2.24) is 25.1 Å². The third kappa shape index (κ3) is 7.14. The van der Waals surface area contributed by atoms with Crippen LogP contribution in [0.15, 0.2) is 48.9 Å². The molecule has 4 aliphatic heterocycles. The fourth-order valence-electron chi connectivity index (χ4n) is 4.78. The standard InChI is InChI=1S/C29H30F4N7O5P/c1-4-44-46(42)16-17-6-8-21(23(12-17)43-3)38-28-35-14-20(29(31,32)33)26(39-28)37-22-9-7-19(25(30)24(22)27(41)34-2)18-13-36-40(15-18)10-5-11-45-46/h6-9,12-15H,4-5,10-11,16H2,1-3H3,(H,34,41)(H2,35,37,38,39). The molecule has 2 aromatic carbocycles. The second-order valence-corrected chi connectivity index (χ2v) is 12.1. The monoisotopic (exact) mass is 663 g/mol. The van der Waals surface area contributed by atoms with Gasteiger partial charge in [0.1, 0.15) is 22.9 Å². The number of nitrogens with zero attached hydrogens (tertiary/aromatic N) is 4. The summed E-state index contributed by atoms with van der Waals surface area (Å²) in [5, 5.41) is 11.9. The summed E-state index contributed by atoms with van der Waals surface area (Å²) in [6.07, 6.45) is -1.09. The number of carbonyl (C=O) groups is 1. The van der Waals surface area contributed by atoms with E-state index >= 15 is 4.39 Å². The number of aromatic nitrogens is 4. The summed E-state index contributed by atoms with van der Waals surface area (Å²) in [7, 11) is -0.946. The Morgan fingerprint density at radius 1 is 1.17 bits per heavy atom. The topological polar surface area (TPSA) is 142 Å². The predicted octanol–water partition coefficient (Wildman–Crippen LogP) is 6.50. The molecule has 8 rings (SSSR count). The molecule has 0 radical (unpaired) electrons. The molecule has 0 saturated carbocycles. The van der Waals surface area contributed by atoms with Crippen molar-refractivity contribution in [2.75, 3.05) is 38.0 Å². The zero-order valence-corrected chi connectivity index (χ0v) is 25.8. The Morgan fingerprint density at radius 3 is 2.67 bits per heavy atom. The van der Waals surface area contributed by atoms with Gasteiger partial charge in [-0.1, -0.05) is 6.07 Å². The minimum Gasteiger partial charge on any atom is -0.495 e. The number of benzene rings is 2. The summed E-state index contributed by atoms with van der Waals surface area (Å²) >= 11 is 0. The number of rotatable bonds is 4. The lowest BCUT2D eigenvalue weighted by Crippen LogP contribution is -2.22. The highest BCUT2D eigenvalue weighted by atomic mass is 31.2. The van der Waals surface area contributed by atoms with Crippen molar-refractivity contribution in [3.05, 3.63) is 71.4 Å². The number of amides is 1. The Morgan fingerprint density at radius 2 is 1.96 bits per heavy atom. The van der Waals surface area contributed by atoms with Crippen LogP contribution >= 0.6 is 7.60 Å². The molecule has 2 aromatic heterocycles. The predicted molar refractivity (Wildman–Crippen MR) is 161 cm³/mol. The molecular weight excluding hydrogens is 633 g/mol. The summed E-state index contributed by atoms with van der Waals surface area (Å²) in [6, 6.07) is 7.36. The normalized spacial score (nSPS) is 16.9. The minimum atomic E-state index is -4.90. The Kier molecular flexibility index (Phi) is 9.60. The minimum absolute atomic E-state index is 0.00848. The maximum absolute atomic E-state index is 16.0. The average molecular weight is 664 g/mol. The number of carbonyl (C=O) groups excluding carboxylic acids is 1. The fraction of sp³-hybridized carbons (Fsp3) is 0.310. The molecule has 17 heteroatoms. The van der Waals surface area contributed by atoms with Gasteiger partial charge in [-0.05, 0) is 43.2 Å². The lowest BCUT2D eigenvalue weighted by atomic mass is 10.0. The summed E-state index contributed by atoms with van der Waals surface area (Å²) in [5.74, 6) is -2.63. The van der Waals surface area contributed by atoms with Crippen molar-refractivity contribution in [1.29, 1.82) is 0 Å². The summed E-state index contributed by atoms with van der Waals surface area (Å²) in [5.41, 5.74) is -0.901. The number of halogens is 4. The van der Waals surface area contributed by atoms with E-state index in [1.807, 2.05) is 0 Å². The Hall–Kier alpha value is -4.53. The Bertz CT molecular complexity index is 1800. The number of hydrogen-bond acceptors (Lipinski definition) is 10. The van der Waals surface area contributed by atoms with E-state index < -0.39 is 42.4 Å². The molecule has 0 spiro atoms. The van der Waals surface area contributed by atoms with Gasteiger partial charge in [-0.3, -0.25) is 14.0 Å². The molecule has 3 N–H and O–H groups in total. The molecule has 4 aromatic rings. The van der Waals surface area contributed by atoms with Crippen LogP contribution in [0.5, 0.6) is 5.75 Å². The molecule has 0 saturated heterocycles. The van der Waals surface area contributed by atoms with Gasteiger partial charge in [0.2, 0.25) is 5.95 Å². The third-order valence-corrected chi connectivity index (χ3v) is 8.90. The van der Waals surface area contributed by atoms with E-state index in [2.05, 4.69) is 31.0 Å². The number of nitrogens with one attached hydrogen (secondary N) is 3. The van der Waals surface area contributed by atoms with E-state index in [4.69, 9.17) is 13.8 Å². The first-order valence-corrected chi connectivity index (χ1v) is 15.8. The van der Waals surface area contributed by atoms with Gasteiger partial charge in [-0.2, -0.15) is 23.3 Å². The van der Waals surface area contributed by atoms with Crippen LogP contribution < -0.4 is 20.7 Å². The summed E-state index contributed by atoms with van der Waals surface area (Å²) < 4.78 is 89.9. The van der Waals surface area contributed by atoms with Gasteiger partial charge in [0.05, 0.1) is 49.6 Å². The first kappa shape index (κ1) is 32.9. The second kappa shape index (κ2) is 13.4. The molecule has 46 heavy (non-hydrogen) atoms. The van der Waals surface area contributed by atoms with Gasteiger partial charge in [-0.15, -0.1) is 0 Å². The van der Waals surface area contributed by atoms with Crippen LogP contribution in [0.1, 0.15) is 34.8 Å². The van der Waals surface area contributed by atoms with E-state index in [9.17, 15) is 22.5 Å². The summed E-state index contributed by atoms with van der Waals surface area (Å²) in [6.45, 7) is 2.23. The second-order valence-electron chi connectivity index (χ2n) is 10.0.